The SMILES string of the molecule is NC(=O)c1c(-c2ccc(Oc3ccccc3)cc2)nc(N2CCC[C@@H](N)C2)c2cc[nH]c12. The maximum absolute atomic E-state index is 12.5. The van der Waals surface area contributed by atoms with Crippen molar-refractivity contribution >= 4 is 22.6 Å². The number of H-pyrrole nitrogens is 1. The highest BCUT2D eigenvalue weighted by Gasteiger charge is 2.25. The molecule has 4 aromatic rings. The predicted octanol–water partition coefficient (Wildman–Crippen LogP) is 4.05. The number of aromatic nitrogens is 2. The number of primary amides is 1. The zero-order chi connectivity index (χ0) is 22.1. The van der Waals surface area contributed by atoms with E-state index in [0.29, 0.717) is 22.5 Å². The molecule has 0 saturated carbocycles. The van der Waals surface area contributed by atoms with E-state index in [1.807, 2.05) is 66.9 Å². The van der Waals surface area contributed by atoms with Gasteiger partial charge in [0.2, 0.25) is 0 Å². The Morgan fingerprint density at radius 1 is 1.06 bits per heavy atom. The second-order valence-corrected chi connectivity index (χ2v) is 8.08. The van der Waals surface area contributed by atoms with Gasteiger partial charge in [-0.15, -0.1) is 0 Å². The topological polar surface area (TPSA) is 110 Å². The largest absolute Gasteiger partial charge is 0.457 e. The molecule has 0 aliphatic carbocycles. The molecule has 7 heteroatoms. The summed E-state index contributed by atoms with van der Waals surface area (Å²) in [5.74, 6) is 1.75. The minimum Gasteiger partial charge on any atom is -0.457 e. The van der Waals surface area contributed by atoms with E-state index in [0.717, 1.165) is 48.4 Å². The van der Waals surface area contributed by atoms with Gasteiger partial charge in [-0.3, -0.25) is 4.79 Å². The third-order valence-corrected chi connectivity index (χ3v) is 5.80. The van der Waals surface area contributed by atoms with Crippen molar-refractivity contribution in [2.75, 3.05) is 18.0 Å². The molecule has 1 amide bonds. The van der Waals surface area contributed by atoms with E-state index < -0.39 is 5.91 Å². The summed E-state index contributed by atoms with van der Waals surface area (Å²) in [6.07, 6.45) is 3.82. The van der Waals surface area contributed by atoms with Gasteiger partial charge in [0.05, 0.1) is 16.8 Å². The number of anilines is 1. The van der Waals surface area contributed by atoms with Gasteiger partial charge < -0.3 is 26.1 Å². The molecule has 1 atom stereocenters. The van der Waals surface area contributed by atoms with Gasteiger partial charge in [-0.05, 0) is 55.3 Å². The number of nitrogens with zero attached hydrogens (tertiary/aromatic N) is 2. The number of pyridine rings is 1. The molecule has 2 aromatic heterocycles. The maximum Gasteiger partial charge on any atom is 0.253 e. The Hall–Kier alpha value is -3.84. The lowest BCUT2D eigenvalue weighted by molar-refractivity contribution is 0.100. The third-order valence-electron chi connectivity index (χ3n) is 5.80. The summed E-state index contributed by atoms with van der Waals surface area (Å²) in [5, 5.41) is 0.876. The maximum atomic E-state index is 12.5. The first kappa shape index (κ1) is 20.1. The quantitative estimate of drug-likeness (QED) is 0.445. The second kappa shape index (κ2) is 8.36. The number of rotatable bonds is 5. The molecule has 3 heterocycles. The number of ether oxygens (including phenoxy) is 1. The molecule has 0 spiro atoms. The van der Waals surface area contributed by atoms with E-state index in [4.69, 9.17) is 21.2 Å². The van der Waals surface area contributed by atoms with Crippen LogP contribution in [0.1, 0.15) is 23.2 Å². The second-order valence-electron chi connectivity index (χ2n) is 8.08. The Balaban J connectivity index is 1.58. The summed E-state index contributed by atoms with van der Waals surface area (Å²) in [6, 6.07) is 19.1. The van der Waals surface area contributed by atoms with Crippen LogP contribution in [0, 0.1) is 0 Å². The van der Waals surface area contributed by atoms with E-state index in [1.54, 1.807) is 0 Å². The summed E-state index contributed by atoms with van der Waals surface area (Å²) in [6.45, 7) is 1.60. The number of aromatic amines is 1. The minimum atomic E-state index is -0.522. The summed E-state index contributed by atoms with van der Waals surface area (Å²) in [7, 11) is 0. The fraction of sp³-hybridized carbons (Fsp3) is 0.200. The summed E-state index contributed by atoms with van der Waals surface area (Å²) in [5.41, 5.74) is 14.4. The summed E-state index contributed by atoms with van der Waals surface area (Å²) >= 11 is 0. The highest BCUT2D eigenvalue weighted by Crippen LogP contribution is 2.35. The molecule has 0 unspecified atom stereocenters. The number of hydrogen-bond acceptors (Lipinski definition) is 5. The van der Waals surface area contributed by atoms with Gasteiger partial charge in [0.15, 0.2) is 0 Å². The van der Waals surface area contributed by atoms with Gasteiger partial charge in [0.25, 0.3) is 5.91 Å². The molecule has 1 aliphatic rings. The lowest BCUT2D eigenvalue weighted by Gasteiger charge is -2.32. The van der Waals surface area contributed by atoms with E-state index in [1.165, 1.54) is 0 Å². The van der Waals surface area contributed by atoms with Gasteiger partial charge in [-0.2, -0.15) is 0 Å². The fourth-order valence-corrected chi connectivity index (χ4v) is 4.30. The highest BCUT2D eigenvalue weighted by molar-refractivity contribution is 6.12. The summed E-state index contributed by atoms with van der Waals surface area (Å²) in [4.78, 5) is 22.8. The molecule has 5 rings (SSSR count). The Kier molecular flexibility index (Phi) is 5.25. The standard InChI is InChI=1S/C25H25N5O2/c26-17-5-4-14-30(15-17)25-20-12-13-28-23(20)21(24(27)31)22(29-25)16-8-10-19(11-9-16)32-18-6-2-1-3-7-18/h1-3,6-13,17,28H,4-5,14-15,26H2,(H2,27,31)/t17-/m1/s1. The third kappa shape index (κ3) is 3.78. The highest BCUT2D eigenvalue weighted by atomic mass is 16.5. The van der Waals surface area contributed by atoms with Gasteiger partial charge in [-0.25, -0.2) is 4.98 Å². The van der Waals surface area contributed by atoms with E-state index in [9.17, 15) is 4.79 Å². The number of nitrogens with one attached hydrogen (secondary N) is 1. The normalized spacial score (nSPS) is 16.3. The van der Waals surface area contributed by atoms with Crippen LogP contribution >= 0.6 is 0 Å². The number of nitrogens with two attached hydrogens (primary N) is 2. The number of benzene rings is 2. The van der Waals surface area contributed by atoms with Crippen molar-refractivity contribution in [1.29, 1.82) is 0 Å². The number of carbonyl (C=O) groups is 1. The van der Waals surface area contributed by atoms with Gasteiger partial charge >= 0.3 is 0 Å². The van der Waals surface area contributed by atoms with Crippen LogP contribution in [0.4, 0.5) is 5.82 Å². The van der Waals surface area contributed by atoms with Crippen LogP contribution in [0.5, 0.6) is 11.5 Å². The zero-order valence-corrected chi connectivity index (χ0v) is 17.6. The Bertz CT molecular complexity index is 1250. The monoisotopic (exact) mass is 427 g/mol. The minimum absolute atomic E-state index is 0.105. The van der Waals surface area contributed by atoms with Crippen LogP contribution in [0.3, 0.4) is 0 Å². The fourth-order valence-electron chi connectivity index (χ4n) is 4.30. The summed E-state index contributed by atoms with van der Waals surface area (Å²) < 4.78 is 5.90. The Morgan fingerprint density at radius 3 is 2.53 bits per heavy atom. The molecule has 7 nitrogen and oxygen atoms in total. The van der Waals surface area contributed by atoms with Gasteiger partial charge in [0.1, 0.15) is 17.3 Å². The zero-order valence-electron chi connectivity index (χ0n) is 17.6. The molecule has 162 valence electrons. The van der Waals surface area contributed by atoms with Crippen molar-refractivity contribution in [2.24, 2.45) is 11.5 Å². The molecule has 1 fully saturated rings. The lowest BCUT2D eigenvalue weighted by Crippen LogP contribution is -2.43. The number of hydrogen-bond donors (Lipinski definition) is 3. The first-order chi connectivity index (χ1) is 15.6. The molecule has 0 radical (unpaired) electrons. The van der Waals surface area contributed by atoms with Crippen LogP contribution in [-0.4, -0.2) is 35.0 Å². The molecule has 1 aliphatic heterocycles. The molecular weight excluding hydrogens is 402 g/mol. The van der Waals surface area contributed by atoms with Crippen molar-refractivity contribution in [3.8, 4) is 22.8 Å². The van der Waals surface area contributed by atoms with Crippen LogP contribution < -0.4 is 21.1 Å². The first-order valence-corrected chi connectivity index (χ1v) is 10.7. The number of carbonyl (C=O) groups excluding carboxylic acids is 1. The molecule has 5 N–H and O–H groups in total. The molecular formula is C25H25N5O2. The van der Waals surface area contributed by atoms with Crippen LogP contribution in [0.2, 0.25) is 0 Å². The van der Waals surface area contributed by atoms with Crippen molar-refractivity contribution in [3.63, 3.8) is 0 Å². The Labute approximate surface area is 186 Å². The Morgan fingerprint density at radius 2 is 1.81 bits per heavy atom. The van der Waals surface area contributed by atoms with Crippen LogP contribution in [0.15, 0.2) is 66.9 Å². The van der Waals surface area contributed by atoms with Gasteiger partial charge in [0, 0.05) is 36.3 Å². The number of amides is 1. The molecule has 0 bridgehead atoms. The van der Waals surface area contributed by atoms with E-state index >= 15 is 0 Å². The van der Waals surface area contributed by atoms with Crippen LogP contribution in [-0.2, 0) is 0 Å². The van der Waals surface area contributed by atoms with Crippen molar-refractivity contribution in [3.05, 3.63) is 72.4 Å². The molecule has 1 saturated heterocycles. The van der Waals surface area contributed by atoms with Crippen molar-refractivity contribution in [1.82, 2.24) is 9.97 Å². The average Bonchev–Trinajstić information content (AvgIpc) is 3.29. The lowest BCUT2D eigenvalue weighted by atomic mass is 10.0. The predicted molar refractivity (Wildman–Crippen MR) is 126 cm³/mol. The molecule has 32 heavy (non-hydrogen) atoms. The molecule has 2 aromatic carbocycles. The number of para-hydroxylation sites is 1. The van der Waals surface area contributed by atoms with E-state index in [2.05, 4.69) is 9.88 Å². The van der Waals surface area contributed by atoms with E-state index in [-0.39, 0.29) is 6.04 Å². The number of fused-ring (bicyclic) bond motifs is 1. The number of piperidine rings is 1. The van der Waals surface area contributed by atoms with Crippen molar-refractivity contribution in [2.45, 2.75) is 18.9 Å². The average molecular weight is 428 g/mol. The van der Waals surface area contributed by atoms with Crippen molar-refractivity contribution < 1.29 is 9.53 Å². The first-order valence-electron chi connectivity index (χ1n) is 10.7. The van der Waals surface area contributed by atoms with Gasteiger partial charge in [-0.1, -0.05) is 18.2 Å². The smallest absolute Gasteiger partial charge is 0.253 e. The van der Waals surface area contributed by atoms with Crippen LogP contribution in [0.25, 0.3) is 22.2 Å².